The highest BCUT2D eigenvalue weighted by Gasteiger charge is 2.21. The van der Waals surface area contributed by atoms with Crippen LogP contribution in [0.1, 0.15) is 36.8 Å². The summed E-state index contributed by atoms with van der Waals surface area (Å²) in [5.41, 5.74) is 3.26. The summed E-state index contributed by atoms with van der Waals surface area (Å²) in [6.07, 6.45) is 0. The number of carbonyl (C=O) groups excluding carboxylic acids is 1. The normalized spacial score (nSPS) is 11.7. The minimum absolute atomic E-state index is 0.228. The molecule has 0 radical (unpaired) electrons. The van der Waals surface area contributed by atoms with Gasteiger partial charge in [-0.3, -0.25) is 4.57 Å². The van der Waals surface area contributed by atoms with Crippen molar-refractivity contribution in [1.82, 2.24) is 25.4 Å². The summed E-state index contributed by atoms with van der Waals surface area (Å²) in [5, 5.41) is 15.3. The molecule has 1 atom stereocenters. The van der Waals surface area contributed by atoms with Crippen LogP contribution >= 0.6 is 11.8 Å². The van der Waals surface area contributed by atoms with Crippen molar-refractivity contribution in [3.8, 4) is 11.4 Å². The van der Waals surface area contributed by atoms with E-state index < -0.39 is 0 Å². The summed E-state index contributed by atoms with van der Waals surface area (Å²) >= 11 is 1.59. The Morgan fingerprint density at radius 3 is 2.67 bits per heavy atom. The topological polar surface area (TPSA) is 81.1 Å². The van der Waals surface area contributed by atoms with Crippen molar-refractivity contribution in [3.63, 3.8) is 0 Å². The monoisotopic (exact) mass is 425 g/mol. The van der Waals surface area contributed by atoms with E-state index in [9.17, 15) is 4.79 Å². The van der Waals surface area contributed by atoms with E-state index in [-0.39, 0.29) is 12.1 Å². The molecule has 0 spiro atoms. The molecular weight excluding hydrogens is 398 g/mol. The molecule has 0 unspecified atom stereocenters. The third-order valence-corrected chi connectivity index (χ3v) is 5.52. The second-order valence-electron chi connectivity index (χ2n) is 6.88. The van der Waals surface area contributed by atoms with Crippen molar-refractivity contribution in [2.45, 2.75) is 37.7 Å². The van der Waals surface area contributed by atoms with Crippen LogP contribution in [0, 0.1) is 6.92 Å². The van der Waals surface area contributed by atoms with Crippen molar-refractivity contribution >= 4 is 17.8 Å². The predicted molar refractivity (Wildman–Crippen MR) is 119 cm³/mol. The van der Waals surface area contributed by atoms with Gasteiger partial charge in [0.05, 0.1) is 13.2 Å². The molecule has 0 aliphatic heterocycles. The molecule has 0 aliphatic rings. The zero-order chi connectivity index (χ0) is 21.5. The van der Waals surface area contributed by atoms with Crippen LogP contribution in [0.5, 0.6) is 5.75 Å². The Balaban J connectivity index is 1.89. The Labute approximate surface area is 181 Å². The van der Waals surface area contributed by atoms with E-state index in [2.05, 4.69) is 46.0 Å². The van der Waals surface area contributed by atoms with Gasteiger partial charge in [0.15, 0.2) is 11.0 Å². The number of urea groups is 1. The minimum atomic E-state index is -0.309. The number of thioether (sulfide) groups is 1. The molecule has 0 saturated carbocycles. The molecule has 2 aromatic carbocycles. The van der Waals surface area contributed by atoms with Gasteiger partial charge in [-0.05, 0) is 50.6 Å². The van der Waals surface area contributed by atoms with E-state index in [1.165, 1.54) is 5.56 Å². The number of benzene rings is 2. The minimum Gasteiger partial charge on any atom is -0.497 e. The third-order valence-electron chi connectivity index (χ3n) is 4.52. The Hall–Kier alpha value is -3.00. The number of aromatic nitrogens is 3. The summed E-state index contributed by atoms with van der Waals surface area (Å²) in [5.74, 6) is 2.23. The number of amides is 2. The molecule has 1 aromatic heterocycles. The molecule has 0 bridgehead atoms. The molecule has 2 N–H and O–H groups in total. The SMILES string of the molecule is CCNC(=O)N[C@H](C)c1nnc(SCc2cccc(OC)c2)n1-c1ccc(C)cc1. The second kappa shape index (κ2) is 10.2. The molecule has 8 heteroatoms. The molecule has 7 nitrogen and oxygen atoms in total. The fourth-order valence-corrected chi connectivity index (χ4v) is 3.88. The van der Waals surface area contributed by atoms with Crippen LogP contribution in [-0.4, -0.2) is 34.5 Å². The van der Waals surface area contributed by atoms with Gasteiger partial charge in [0.2, 0.25) is 0 Å². The Bertz CT molecular complexity index is 987. The Morgan fingerprint density at radius 1 is 1.20 bits per heavy atom. The van der Waals surface area contributed by atoms with Gasteiger partial charge in [0, 0.05) is 18.0 Å². The van der Waals surface area contributed by atoms with E-state index >= 15 is 0 Å². The number of methoxy groups -OCH3 is 1. The molecule has 0 aliphatic carbocycles. The first kappa shape index (κ1) is 21.7. The Kier molecular flexibility index (Phi) is 7.35. The highest BCUT2D eigenvalue weighted by atomic mass is 32.2. The molecular formula is C22H27N5O2S. The molecule has 0 fully saturated rings. The lowest BCUT2D eigenvalue weighted by Crippen LogP contribution is -2.37. The number of ether oxygens (including phenoxy) is 1. The van der Waals surface area contributed by atoms with Crippen LogP contribution in [0.15, 0.2) is 53.7 Å². The number of aryl methyl sites for hydroxylation is 1. The largest absolute Gasteiger partial charge is 0.497 e. The zero-order valence-corrected chi connectivity index (χ0v) is 18.5. The van der Waals surface area contributed by atoms with Crippen LogP contribution in [0.2, 0.25) is 0 Å². The van der Waals surface area contributed by atoms with Crippen molar-refractivity contribution in [2.24, 2.45) is 0 Å². The fourth-order valence-electron chi connectivity index (χ4n) is 2.97. The van der Waals surface area contributed by atoms with Crippen LogP contribution in [-0.2, 0) is 5.75 Å². The lowest BCUT2D eigenvalue weighted by Gasteiger charge is -2.16. The first-order valence-corrected chi connectivity index (χ1v) is 10.8. The van der Waals surface area contributed by atoms with Gasteiger partial charge < -0.3 is 15.4 Å². The summed E-state index contributed by atoms with van der Waals surface area (Å²) < 4.78 is 7.32. The molecule has 3 rings (SSSR count). The number of nitrogens with zero attached hydrogens (tertiary/aromatic N) is 3. The van der Waals surface area contributed by atoms with Gasteiger partial charge in [0.1, 0.15) is 5.75 Å². The van der Waals surface area contributed by atoms with E-state index in [0.717, 1.165) is 27.9 Å². The molecule has 0 saturated heterocycles. The third kappa shape index (κ3) is 5.33. The van der Waals surface area contributed by atoms with Gasteiger partial charge >= 0.3 is 6.03 Å². The molecule has 30 heavy (non-hydrogen) atoms. The highest BCUT2D eigenvalue weighted by Crippen LogP contribution is 2.28. The van der Waals surface area contributed by atoms with Gasteiger partial charge in [-0.25, -0.2) is 4.79 Å². The van der Waals surface area contributed by atoms with Crippen LogP contribution in [0.25, 0.3) is 5.69 Å². The van der Waals surface area contributed by atoms with Gasteiger partial charge in [-0.1, -0.05) is 41.6 Å². The van der Waals surface area contributed by atoms with Gasteiger partial charge in [-0.15, -0.1) is 10.2 Å². The number of hydrogen-bond acceptors (Lipinski definition) is 5. The summed E-state index contributed by atoms with van der Waals surface area (Å²) in [4.78, 5) is 12.0. The first-order chi connectivity index (χ1) is 14.5. The second-order valence-corrected chi connectivity index (χ2v) is 7.82. The lowest BCUT2D eigenvalue weighted by molar-refractivity contribution is 0.238. The molecule has 158 valence electrons. The van der Waals surface area contributed by atoms with E-state index in [0.29, 0.717) is 12.4 Å². The summed E-state index contributed by atoms with van der Waals surface area (Å²) in [6, 6.07) is 15.6. The molecule has 3 aromatic rings. The number of rotatable bonds is 8. The summed E-state index contributed by atoms with van der Waals surface area (Å²) in [6.45, 7) is 6.40. The number of hydrogen-bond donors (Lipinski definition) is 2. The quantitative estimate of drug-likeness (QED) is 0.527. The van der Waals surface area contributed by atoms with Crippen molar-refractivity contribution in [2.75, 3.05) is 13.7 Å². The first-order valence-electron chi connectivity index (χ1n) is 9.84. The number of carbonyl (C=O) groups is 1. The smallest absolute Gasteiger partial charge is 0.315 e. The maximum atomic E-state index is 12.0. The standard InChI is InChI=1S/C22H27N5O2S/c1-5-23-21(28)24-16(3)20-25-26-22(27(20)18-11-9-15(2)10-12-18)30-14-17-7-6-8-19(13-17)29-4/h6-13,16H,5,14H2,1-4H3,(H2,23,24,28)/t16-/m1/s1. The fraction of sp³-hybridized carbons (Fsp3) is 0.318. The van der Waals surface area contributed by atoms with Crippen LogP contribution < -0.4 is 15.4 Å². The maximum Gasteiger partial charge on any atom is 0.315 e. The van der Waals surface area contributed by atoms with Gasteiger partial charge in [-0.2, -0.15) is 0 Å². The summed E-state index contributed by atoms with van der Waals surface area (Å²) in [7, 11) is 1.66. The lowest BCUT2D eigenvalue weighted by atomic mass is 10.2. The Morgan fingerprint density at radius 2 is 1.97 bits per heavy atom. The average Bonchev–Trinajstić information content (AvgIpc) is 3.17. The van der Waals surface area contributed by atoms with Crippen molar-refractivity contribution in [3.05, 3.63) is 65.5 Å². The highest BCUT2D eigenvalue weighted by molar-refractivity contribution is 7.98. The van der Waals surface area contributed by atoms with Crippen molar-refractivity contribution < 1.29 is 9.53 Å². The van der Waals surface area contributed by atoms with E-state index in [4.69, 9.17) is 4.74 Å². The molecule has 2 amide bonds. The van der Waals surface area contributed by atoms with E-state index in [1.54, 1.807) is 18.9 Å². The zero-order valence-electron chi connectivity index (χ0n) is 17.7. The average molecular weight is 426 g/mol. The van der Waals surface area contributed by atoms with E-state index in [1.807, 2.05) is 48.7 Å². The number of nitrogens with one attached hydrogen (secondary N) is 2. The van der Waals surface area contributed by atoms with Crippen LogP contribution in [0.4, 0.5) is 4.79 Å². The predicted octanol–water partition coefficient (Wildman–Crippen LogP) is 4.26. The maximum absolute atomic E-state index is 12.0. The van der Waals surface area contributed by atoms with Crippen molar-refractivity contribution in [1.29, 1.82) is 0 Å². The van der Waals surface area contributed by atoms with Gasteiger partial charge in [0.25, 0.3) is 0 Å². The molecule has 1 heterocycles. The van der Waals surface area contributed by atoms with Crippen LogP contribution in [0.3, 0.4) is 0 Å².